The molecule has 2 N–H and O–H groups in total. The minimum atomic E-state index is 0.501. The first-order valence-electron chi connectivity index (χ1n) is 6.34. The quantitative estimate of drug-likeness (QED) is 0.793. The van der Waals surface area contributed by atoms with Crippen LogP contribution in [0, 0.1) is 6.92 Å². The van der Waals surface area contributed by atoms with Crippen LogP contribution in [0.25, 0.3) is 4.96 Å². The third-order valence-electron chi connectivity index (χ3n) is 3.12. The molecule has 0 aliphatic heterocycles. The fraction of sp³-hybridized carbons (Fsp3) is 0.286. The van der Waals surface area contributed by atoms with E-state index in [1.54, 1.807) is 11.3 Å². The van der Waals surface area contributed by atoms with Crippen molar-refractivity contribution in [2.75, 3.05) is 0 Å². The first-order valence-corrected chi connectivity index (χ1v) is 7.22. The van der Waals surface area contributed by atoms with Crippen LogP contribution in [0.2, 0.25) is 0 Å². The molecule has 4 nitrogen and oxygen atoms in total. The van der Waals surface area contributed by atoms with E-state index in [1.807, 2.05) is 9.90 Å². The lowest BCUT2D eigenvalue weighted by Gasteiger charge is -2.00. The molecule has 0 saturated heterocycles. The summed E-state index contributed by atoms with van der Waals surface area (Å²) in [6.45, 7) is 2.61. The van der Waals surface area contributed by atoms with Crippen molar-refractivity contribution < 1.29 is 0 Å². The van der Waals surface area contributed by atoms with Crippen molar-refractivity contribution in [1.29, 1.82) is 0 Å². The van der Waals surface area contributed by atoms with Crippen LogP contribution >= 0.6 is 11.3 Å². The second kappa shape index (κ2) is 5.11. The van der Waals surface area contributed by atoms with Crippen LogP contribution in [0.3, 0.4) is 0 Å². The van der Waals surface area contributed by atoms with E-state index >= 15 is 0 Å². The van der Waals surface area contributed by atoms with Crippen LogP contribution in [0.15, 0.2) is 29.6 Å². The normalized spacial score (nSPS) is 11.3. The Balaban J connectivity index is 1.76. The van der Waals surface area contributed by atoms with E-state index in [1.165, 1.54) is 11.1 Å². The molecule has 3 aromatic rings. The molecule has 19 heavy (non-hydrogen) atoms. The van der Waals surface area contributed by atoms with Gasteiger partial charge in [-0.15, -0.1) is 11.3 Å². The van der Waals surface area contributed by atoms with E-state index in [2.05, 4.69) is 41.3 Å². The number of hydrogen-bond donors (Lipinski definition) is 1. The summed E-state index contributed by atoms with van der Waals surface area (Å²) >= 11 is 1.59. The first kappa shape index (κ1) is 12.3. The van der Waals surface area contributed by atoms with Gasteiger partial charge in [0, 0.05) is 18.3 Å². The largest absolute Gasteiger partial charge is 0.325 e. The van der Waals surface area contributed by atoms with Gasteiger partial charge in [0.05, 0.1) is 5.69 Å². The van der Waals surface area contributed by atoms with Crippen molar-refractivity contribution in [3.8, 4) is 0 Å². The Labute approximate surface area is 115 Å². The third-order valence-corrected chi connectivity index (χ3v) is 3.99. The summed E-state index contributed by atoms with van der Waals surface area (Å²) in [4.78, 5) is 5.46. The van der Waals surface area contributed by atoms with Gasteiger partial charge in [-0.05, 0) is 18.9 Å². The van der Waals surface area contributed by atoms with Crippen LogP contribution in [0.1, 0.15) is 22.6 Å². The SMILES string of the molecule is Cc1cccc(CCc2nc3scc(CN)n3n2)c1. The standard InChI is InChI=1S/C14H16N4S/c1-10-3-2-4-11(7-10)5-6-13-16-14-18(17-13)12(8-15)9-19-14/h2-4,7,9H,5-6,8,15H2,1H3. The minimum Gasteiger partial charge on any atom is -0.325 e. The minimum absolute atomic E-state index is 0.501. The molecule has 0 radical (unpaired) electrons. The molecule has 2 heterocycles. The summed E-state index contributed by atoms with van der Waals surface area (Å²) < 4.78 is 1.86. The maximum atomic E-state index is 5.67. The van der Waals surface area contributed by atoms with Gasteiger partial charge < -0.3 is 5.73 Å². The van der Waals surface area contributed by atoms with Crippen molar-refractivity contribution >= 4 is 16.3 Å². The van der Waals surface area contributed by atoms with Gasteiger partial charge in [0.2, 0.25) is 4.96 Å². The Kier molecular flexibility index (Phi) is 3.31. The number of benzene rings is 1. The molecule has 0 saturated carbocycles. The van der Waals surface area contributed by atoms with Crippen LogP contribution in [-0.2, 0) is 19.4 Å². The van der Waals surface area contributed by atoms with E-state index in [-0.39, 0.29) is 0 Å². The molecular formula is C14H16N4S. The topological polar surface area (TPSA) is 56.2 Å². The van der Waals surface area contributed by atoms with Crippen molar-refractivity contribution in [3.63, 3.8) is 0 Å². The predicted octanol–water partition coefficient (Wildman–Crippen LogP) is 2.34. The average Bonchev–Trinajstić information content (AvgIpc) is 2.95. The van der Waals surface area contributed by atoms with Gasteiger partial charge >= 0.3 is 0 Å². The Hall–Kier alpha value is -1.72. The molecule has 3 rings (SSSR count). The summed E-state index contributed by atoms with van der Waals surface area (Å²) in [6.07, 6.45) is 1.83. The zero-order valence-corrected chi connectivity index (χ0v) is 11.7. The number of rotatable bonds is 4. The lowest BCUT2D eigenvalue weighted by Crippen LogP contribution is -2.02. The molecule has 5 heteroatoms. The van der Waals surface area contributed by atoms with Gasteiger partial charge in [-0.3, -0.25) is 0 Å². The van der Waals surface area contributed by atoms with E-state index in [4.69, 9.17) is 5.73 Å². The lowest BCUT2D eigenvalue weighted by atomic mass is 10.1. The molecule has 0 unspecified atom stereocenters. The summed E-state index contributed by atoms with van der Waals surface area (Å²) in [5.41, 5.74) is 9.32. The smallest absolute Gasteiger partial charge is 0.212 e. The summed E-state index contributed by atoms with van der Waals surface area (Å²) in [5, 5.41) is 6.53. The van der Waals surface area contributed by atoms with Gasteiger partial charge in [-0.1, -0.05) is 29.8 Å². The highest BCUT2D eigenvalue weighted by molar-refractivity contribution is 7.15. The first-order chi connectivity index (χ1) is 9.26. The van der Waals surface area contributed by atoms with Crippen LogP contribution in [0.4, 0.5) is 0 Å². The average molecular weight is 272 g/mol. The van der Waals surface area contributed by atoms with E-state index in [9.17, 15) is 0 Å². The van der Waals surface area contributed by atoms with Crippen molar-refractivity contribution in [3.05, 3.63) is 52.3 Å². The number of nitrogens with two attached hydrogens (primary N) is 1. The fourth-order valence-corrected chi connectivity index (χ4v) is 2.99. The number of nitrogens with zero attached hydrogens (tertiary/aromatic N) is 3. The number of aromatic nitrogens is 3. The molecule has 0 amide bonds. The lowest BCUT2D eigenvalue weighted by molar-refractivity contribution is 0.805. The molecule has 0 bridgehead atoms. The zero-order chi connectivity index (χ0) is 13.2. The highest BCUT2D eigenvalue weighted by Gasteiger charge is 2.08. The van der Waals surface area contributed by atoms with Gasteiger partial charge in [0.25, 0.3) is 0 Å². The monoisotopic (exact) mass is 272 g/mol. The summed E-state index contributed by atoms with van der Waals surface area (Å²) in [5.74, 6) is 0.892. The van der Waals surface area contributed by atoms with Crippen molar-refractivity contribution in [2.45, 2.75) is 26.3 Å². The number of fused-ring (bicyclic) bond motifs is 1. The zero-order valence-electron chi connectivity index (χ0n) is 10.8. The van der Waals surface area contributed by atoms with Gasteiger partial charge in [-0.25, -0.2) is 9.50 Å². The molecule has 1 aromatic carbocycles. The maximum absolute atomic E-state index is 5.67. The van der Waals surface area contributed by atoms with E-state index < -0.39 is 0 Å². The fourth-order valence-electron chi connectivity index (χ4n) is 2.14. The van der Waals surface area contributed by atoms with Crippen LogP contribution < -0.4 is 5.73 Å². The van der Waals surface area contributed by atoms with Gasteiger partial charge in [0.1, 0.15) is 0 Å². The number of hydrogen-bond acceptors (Lipinski definition) is 4. The molecule has 2 aromatic heterocycles. The Bertz CT molecular complexity index is 698. The second-order valence-electron chi connectivity index (χ2n) is 4.64. The number of aryl methyl sites for hydroxylation is 3. The van der Waals surface area contributed by atoms with Crippen molar-refractivity contribution in [1.82, 2.24) is 14.6 Å². The number of thiazole rings is 1. The molecule has 0 spiro atoms. The molecule has 0 aliphatic carbocycles. The van der Waals surface area contributed by atoms with Crippen LogP contribution in [0.5, 0.6) is 0 Å². The van der Waals surface area contributed by atoms with Gasteiger partial charge in [-0.2, -0.15) is 5.10 Å². The Morgan fingerprint density at radius 2 is 2.21 bits per heavy atom. The third kappa shape index (κ3) is 2.52. The maximum Gasteiger partial charge on any atom is 0.212 e. The molecule has 98 valence electrons. The van der Waals surface area contributed by atoms with E-state index in [0.717, 1.165) is 29.3 Å². The van der Waals surface area contributed by atoms with Gasteiger partial charge in [0.15, 0.2) is 5.82 Å². The highest BCUT2D eigenvalue weighted by atomic mass is 32.1. The molecule has 0 atom stereocenters. The van der Waals surface area contributed by atoms with Crippen molar-refractivity contribution in [2.24, 2.45) is 5.73 Å². The second-order valence-corrected chi connectivity index (χ2v) is 5.48. The highest BCUT2D eigenvalue weighted by Crippen LogP contribution is 2.15. The summed E-state index contributed by atoms with van der Waals surface area (Å²) in [6, 6.07) is 8.57. The van der Waals surface area contributed by atoms with E-state index in [0.29, 0.717) is 6.54 Å². The molecule has 0 aliphatic rings. The van der Waals surface area contributed by atoms with Crippen LogP contribution in [-0.4, -0.2) is 14.6 Å². The Morgan fingerprint density at radius 3 is 3.00 bits per heavy atom. The Morgan fingerprint density at radius 1 is 1.32 bits per heavy atom. The molecule has 0 fully saturated rings. The summed E-state index contributed by atoms with van der Waals surface area (Å²) in [7, 11) is 0. The predicted molar refractivity (Wildman–Crippen MR) is 77.3 cm³/mol. The molecular weight excluding hydrogens is 256 g/mol.